The van der Waals surface area contributed by atoms with Crippen LogP contribution in [0.3, 0.4) is 0 Å². The van der Waals surface area contributed by atoms with Crippen LogP contribution in [0.5, 0.6) is 5.75 Å². The molecule has 36 heavy (non-hydrogen) atoms. The summed E-state index contributed by atoms with van der Waals surface area (Å²) in [5.41, 5.74) is 1.41. The van der Waals surface area contributed by atoms with Crippen molar-refractivity contribution < 1.29 is 38.4 Å². The summed E-state index contributed by atoms with van der Waals surface area (Å²) in [6.07, 6.45) is 5.87. The third-order valence-electron chi connectivity index (χ3n) is 6.21. The SMILES string of the molecule is COCOc1cc(N(C)[B]C=O)cc2c1C(=O)O[C@@H](C)[C@H](C)/C=C\C(O)C1OC(C)(C)O[C@H]1C/C=C/2. The predicted octanol–water partition coefficient (Wildman–Crippen LogP) is 2.95. The maximum Gasteiger partial charge on any atom is 0.342 e. The van der Waals surface area contributed by atoms with Crippen molar-refractivity contribution in [1.29, 1.82) is 0 Å². The fraction of sp³-hybridized carbons (Fsp3) is 0.538. The predicted molar refractivity (Wildman–Crippen MR) is 137 cm³/mol. The van der Waals surface area contributed by atoms with E-state index in [-0.39, 0.29) is 24.0 Å². The van der Waals surface area contributed by atoms with E-state index in [1.54, 1.807) is 43.1 Å². The number of hydrogen-bond acceptors (Lipinski definition) is 9. The highest BCUT2D eigenvalue weighted by molar-refractivity contribution is 6.70. The van der Waals surface area contributed by atoms with Gasteiger partial charge in [-0.3, -0.25) is 0 Å². The fourth-order valence-electron chi connectivity index (χ4n) is 4.14. The van der Waals surface area contributed by atoms with Gasteiger partial charge in [0, 0.05) is 24.8 Å². The van der Waals surface area contributed by atoms with Crippen LogP contribution in [-0.2, 0) is 23.7 Å². The lowest BCUT2D eigenvalue weighted by Gasteiger charge is -2.24. The Balaban J connectivity index is 2.10. The maximum atomic E-state index is 13.4. The number of hydrogen-bond donors (Lipinski definition) is 1. The number of esters is 1. The van der Waals surface area contributed by atoms with Crippen molar-refractivity contribution >= 4 is 31.3 Å². The van der Waals surface area contributed by atoms with E-state index in [0.717, 1.165) is 0 Å². The lowest BCUT2D eigenvalue weighted by molar-refractivity contribution is -0.152. The normalized spacial score (nSPS) is 29.6. The van der Waals surface area contributed by atoms with Crippen LogP contribution in [0.4, 0.5) is 5.69 Å². The highest BCUT2D eigenvalue weighted by Crippen LogP contribution is 2.35. The van der Waals surface area contributed by atoms with Gasteiger partial charge in [-0.2, -0.15) is 0 Å². The molecule has 1 saturated heterocycles. The summed E-state index contributed by atoms with van der Waals surface area (Å²) in [6, 6.07) is 3.43. The monoisotopic (exact) mass is 500 g/mol. The Kier molecular flexibility index (Phi) is 9.35. The molecule has 10 heteroatoms. The van der Waals surface area contributed by atoms with Gasteiger partial charge in [0.05, 0.1) is 6.10 Å². The zero-order valence-electron chi connectivity index (χ0n) is 21.7. The molecule has 2 aliphatic heterocycles. The van der Waals surface area contributed by atoms with Crippen molar-refractivity contribution in [2.75, 3.05) is 25.8 Å². The number of nitrogens with zero attached hydrogens (tertiary/aromatic N) is 1. The van der Waals surface area contributed by atoms with Crippen LogP contribution in [0.25, 0.3) is 6.08 Å². The standard InChI is InChI=1S/C26H35BNO8/c1-16-10-11-20(30)24-21(35-26(3,4)36-24)9-7-8-18-12-19(28(5)27-14-29)13-22(33-15-32-6)23(18)25(31)34-17(16)2/h7-8,10-14,16-17,20-21,24,30H,9,15H2,1-6H3/b8-7+,11-10-/t16-,17+,20?,21+,24?/m1/s1. The Labute approximate surface area is 213 Å². The molecule has 0 spiro atoms. The number of rotatable bonds is 6. The summed E-state index contributed by atoms with van der Waals surface area (Å²) in [7, 11) is 4.56. The summed E-state index contributed by atoms with van der Waals surface area (Å²) >= 11 is 0. The van der Waals surface area contributed by atoms with Gasteiger partial charge in [0.25, 0.3) is 0 Å². The van der Waals surface area contributed by atoms with Crippen LogP contribution >= 0.6 is 0 Å². The Morgan fingerprint density at radius 3 is 2.69 bits per heavy atom. The summed E-state index contributed by atoms with van der Waals surface area (Å²) < 4.78 is 28.7. The molecule has 1 aromatic carbocycles. The summed E-state index contributed by atoms with van der Waals surface area (Å²) in [5, 5.41) is 10.8. The minimum atomic E-state index is -0.890. The van der Waals surface area contributed by atoms with Gasteiger partial charge in [-0.15, -0.1) is 0 Å². The second-order valence-electron chi connectivity index (χ2n) is 9.48. The van der Waals surface area contributed by atoms with Crippen molar-refractivity contribution in [1.82, 2.24) is 0 Å². The zero-order valence-corrected chi connectivity index (χ0v) is 21.7. The fourth-order valence-corrected chi connectivity index (χ4v) is 4.14. The van der Waals surface area contributed by atoms with Crippen molar-refractivity contribution in [2.24, 2.45) is 5.92 Å². The number of cyclic esters (lactones) is 1. The highest BCUT2D eigenvalue weighted by atomic mass is 16.8. The Bertz CT molecular complexity index is 994. The van der Waals surface area contributed by atoms with Gasteiger partial charge in [0.2, 0.25) is 0 Å². The summed E-state index contributed by atoms with van der Waals surface area (Å²) in [5.74, 6) is -1.32. The molecule has 0 bridgehead atoms. The molecule has 0 aliphatic carbocycles. The van der Waals surface area contributed by atoms with Crippen LogP contribution in [-0.4, -0.2) is 75.8 Å². The molecular formula is C26H35BNO8. The molecule has 1 fully saturated rings. The lowest BCUT2D eigenvalue weighted by atomic mass is 9.93. The Morgan fingerprint density at radius 2 is 2.00 bits per heavy atom. The second kappa shape index (κ2) is 12.1. The lowest BCUT2D eigenvalue weighted by Crippen LogP contribution is -2.34. The van der Waals surface area contributed by atoms with Crippen LogP contribution in [0, 0.1) is 5.92 Å². The number of carbonyl (C=O) groups excluding carboxylic acids is 2. The minimum absolute atomic E-state index is 0.0788. The van der Waals surface area contributed by atoms with Gasteiger partial charge >= 0.3 is 13.4 Å². The Morgan fingerprint density at radius 1 is 1.25 bits per heavy atom. The molecule has 0 aromatic heterocycles. The molecule has 0 amide bonds. The van der Waals surface area contributed by atoms with Gasteiger partial charge < -0.3 is 38.4 Å². The first-order valence-electron chi connectivity index (χ1n) is 12.0. The van der Waals surface area contributed by atoms with Crippen molar-refractivity contribution in [3.05, 3.63) is 41.5 Å². The van der Waals surface area contributed by atoms with E-state index in [4.69, 9.17) is 23.7 Å². The van der Waals surface area contributed by atoms with E-state index in [2.05, 4.69) is 0 Å². The largest absolute Gasteiger partial charge is 0.467 e. The highest BCUT2D eigenvalue weighted by Gasteiger charge is 2.43. The zero-order chi connectivity index (χ0) is 26.5. The first-order valence-corrected chi connectivity index (χ1v) is 12.0. The second-order valence-corrected chi connectivity index (χ2v) is 9.48. The van der Waals surface area contributed by atoms with Crippen LogP contribution in [0.1, 0.15) is 50.0 Å². The van der Waals surface area contributed by atoms with Crippen LogP contribution in [0.15, 0.2) is 30.4 Å². The molecule has 2 aliphatic rings. The number of ether oxygens (including phenoxy) is 5. The van der Waals surface area contributed by atoms with E-state index in [1.165, 1.54) is 14.5 Å². The molecule has 3 rings (SSSR count). The third-order valence-corrected chi connectivity index (χ3v) is 6.21. The topological polar surface area (TPSA) is 104 Å². The van der Waals surface area contributed by atoms with Crippen molar-refractivity contribution in [3.63, 3.8) is 0 Å². The van der Waals surface area contributed by atoms with Crippen molar-refractivity contribution in [3.8, 4) is 5.75 Å². The first kappa shape index (κ1) is 27.9. The van der Waals surface area contributed by atoms with E-state index in [9.17, 15) is 14.7 Å². The number of carbonyl (C=O) groups is 2. The van der Waals surface area contributed by atoms with E-state index >= 15 is 0 Å². The smallest absolute Gasteiger partial charge is 0.342 e. The number of fused-ring (bicyclic) bond motifs is 2. The van der Waals surface area contributed by atoms with Gasteiger partial charge in [0.1, 0.15) is 35.8 Å². The number of benzene rings is 1. The third kappa shape index (κ3) is 6.76. The molecular weight excluding hydrogens is 465 g/mol. The first-order chi connectivity index (χ1) is 17.1. The average Bonchev–Trinajstić information content (AvgIpc) is 3.14. The van der Waals surface area contributed by atoms with Gasteiger partial charge in [-0.25, -0.2) is 4.79 Å². The molecule has 1 N–H and O–H groups in total. The average molecular weight is 500 g/mol. The van der Waals surface area contributed by atoms with E-state index in [1.807, 2.05) is 32.9 Å². The van der Waals surface area contributed by atoms with Crippen molar-refractivity contribution in [2.45, 2.75) is 64.3 Å². The molecule has 2 unspecified atom stereocenters. The molecule has 2 heterocycles. The molecule has 5 atom stereocenters. The van der Waals surface area contributed by atoms with Gasteiger partial charge in [0.15, 0.2) is 12.6 Å². The number of aliphatic hydroxyl groups excluding tert-OH is 1. The number of anilines is 1. The molecule has 1 aromatic rings. The number of methoxy groups -OCH3 is 1. The summed E-state index contributed by atoms with van der Waals surface area (Å²) in [6.45, 7) is 7.23. The maximum absolute atomic E-state index is 13.4. The number of aliphatic hydroxyl groups is 1. The molecule has 9 nitrogen and oxygen atoms in total. The summed E-state index contributed by atoms with van der Waals surface area (Å²) in [4.78, 5) is 26.1. The quantitative estimate of drug-likeness (QED) is 0.208. The van der Waals surface area contributed by atoms with E-state index < -0.39 is 36.2 Å². The minimum Gasteiger partial charge on any atom is -0.467 e. The van der Waals surface area contributed by atoms with Crippen LogP contribution in [0.2, 0.25) is 0 Å². The molecule has 1 radical (unpaired) electrons. The molecule has 0 saturated carbocycles. The van der Waals surface area contributed by atoms with Crippen LogP contribution < -0.4 is 9.55 Å². The van der Waals surface area contributed by atoms with Gasteiger partial charge in [-0.05, 0) is 45.9 Å². The van der Waals surface area contributed by atoms with E-state index in [0.29, 0.717) is 23.9 Å². The molecule has 195 valence electrons. The Hall–Kier alpha value is -2.66. The van der Waals surface area contributed by atoms with Gasteiger partial charge in [-0.1, -0.05) is 31.2 Å².